The number of para-hydroxylation sites is 1. The highest BCUT2D eigenvalue weighted by Gasteiger charge is 2.08. The number of nitrogens with two attached hydrogens (primary N) is 1. The molecule has 0 aromatic heterocycles. The molecule has 2 nitrogen and oxygen atoms in total. The summed E-state index contributed by atoms with van der Waals surface area (Å²) < 4.78 is 0. The molecule has 88 valence electrons. The Kier molecular flexibility index (Phi) is 4.74. The summed E-state index contributed by atoms with van der Waals surface area (Å²) in [5, 5.41) is 3.41. The van der Waals surface area contributed by atoms with Crippen LogP contribution in [-0.2, 0) is 0 Å². The molecule has 16 heavy (non-hydrogen) atoms. The maximum Gasteiger partial charge on any atom is 0.0773 e. The van der Waals surface area contributed by atoms with Gasteiger partial charge in [0.25, 0.3) is 0 Å². The molecule has 1 aromatic carbocycles. The molecule has 0 spiro atoms. The molecule has 1 rings (SSSR count). The van der Waals surface area contributed by atoms with E-state index in [2.05, 4.69) is 37.4 Å². The van der Waals surface area contributed by atoms with Crippen molar-refractivity contribution in [2.75, 3.05) is 11.9 Å². The lowest BCUT2D eigenvalue weighted by Crippen LogP contribution is -2.25. The minimum Gasteiger partial charge on any atom is -0.393 e. The summed E-state index contributed by atoms with van der Waals surface area (Å²) >= 11 is 4.96. The molecule has 3 N–H and O–H groups in total. The maximum absolute atomic E-state index is 5.59. The van der Waals surface area contributed by atoms with Gasteiger partial charge in [-0.3, -0.25) is 0 Å². The summed E-state index contributed by atoms with van der Waals surface area (Å²) in [6.45, 7) is 7.21. The summed E-state index contributed by atoms with van der Waals surface area (Å²) in [5.74, 6) is 0.735. The zero-order valence-corrected chi connectivity index (χ0v) is 11.0. The van der Waals surface area contributed by atoms with Crippen molar-refractivity contribution in [3.63, 3.8) is 0 Å². The predicted molar refractivity (Wildman–Crippen MR) is 75.0 cm³/mol. The first-order chi connectivity index (χ1) is 7.52. The summed E-state index contributed by atoms with van der Waals surface area (Å²) in [6.07, 6.45) is 0. The van der Waals surface area contributed by atoms with Crippen molar-refractivity contribution in [1.29, 1.82) is 0 Å². The lowest BCUT2D eigenvalue weighted by molar-refractivity contribution is 0.811. The van der Waals surface area contributed by atoms with Gasteiger partial charge in [-0.25, -0.2) is 0 Å². The third-order valence-corrected chi connectivity index (χ3v) is 3.07. The van der Waals surface area contributed by atoms with Gasteiger partial charge in [0, 0.05) is 18.2 Å². The van der Waals surface area contributed by atoms with Gasteiger partial charge in [0.05, 0.1) is 4.99 Å². The molecular weight excluding hydrogens is 216 g/mol. The van der Waals surface area contributed by atoms with E-state index in [0.717, 1.165) is 6.54 Å². The van der Waals surface area contributed by atoms with Crippen LogP contribution in [0.25, 0.3) is 0 Å². The second kappa shape index (κ2) is 5.85. The Labute approximate surface area is 103 Å². The van der Waals surface area contributed by atoms with Crippen LogP contribution in [0.1, 0.15) is 32.3 Å². The van der Waals surface area contributed by atoms with Crippen LogP contribution in [0.3, 0.4) is 0 Å². The molecule has 0 bridgehead atoms. The highest BCUT2D eigenvalue weighted by atomic mass is 32.1. The van der Waals surface area contributed by atoms with Gasteiger partial charge in [-0.2, -0.15) is 0 Å². The Morgan fingerprint density at radius 3 is 2.50 bits per heavy atom. The van der Waals surface area contributed by atoms with Crippen molar-refractivity contribution in [1.82, 2.24) is 0 Å². The number of nitrogens with one attached hydrogen (secondary N) is 1. The second-order valence-corrected chi connectivity index (χ2v) is 4.90. The monoisotopic (exact) mass is 236 g/mol. The van der Waals surface area contributed by atoms with Crippen LogP contribution in [-0.4, -0.2) is 11.5 Å². The van der Waals surface area contributed by atoms with E-state index in [1.165, 1.54) is 11.3 Å². The van der Waals surface area contributed by atoms with Crippen molar-refractivity contribution in [2.45, 2.75) is 26.7 Å². The molecular formula is C13H20N2S. The van der Waals surface area contributed by atoms with Crippen LogP contribution in [0.2, 0.25) is 0 Å². The first kappa shape index (κ1) is 13.0. The Hall–Kier alpha value is -1.09. The lowest BCUT2D eigenvalue weighted by Gasteiger charge is -2.17. The summed E-state index contributed by atoms with van der Waals surface area (Å²) in [5.41, 5.74) is 8.10. The number of thiocarbonyl (C=S) groups is 1. The predicted octanol–water partition coefficient (Wildman–Crippen LogP) is 3.14. The smallest absolute Gasteiger partial charge is 0.0773 e. The minimum absolute atomic E-state index is 0.218. The van der Waals surface area contributed by atoms with Crippen molar-refractivity contribution in [2.24, 2.45) is 11.7 Å². The van der Waals surface area contributed by atoms with Crippen molar-refractivity contribution >= 4 is 22.9 Å². The van der Waals surface area contributed by atoms with E-state index >= 15 is 0 Å². The standard InChI is InChI=1S/C13H20N2S/c1-9(2)11-6-4-5-7-12(11)15-8-10(3)13(14)16/h4-7,9-10,15H,8H2,1-3H3,(H2,14,16). The number of benzene rings is 1. The van der Waals surface area contributed by atoms with Gasteiger partial charge < -0.3 is 11.1 Å². The first-order valence-electron chi connectivity index (χ1n) is 5.64. The van der Waals surface area contributed by atoms with Crippen LogP contribution in [0.4, 0.5) is 5.69 Å². The molecule has 1 unspecified atom stereocenters. The Morgan fingerprint density at radius 1 is 1.31 bits per heavy atom. The Balaban J connectivity index is 2.70. The molecule has 0 heterocycles. The SMILES string of the molecule is CC(CNc1ccccc1C(C)C)C(N)=S. The Bertz CT molecular complexity index is 361. The van der Waals surface area contributed by atoms with E-state index in [1.807, 2.05) is 13.0 Å². The molecule has 0 aliphatic carbocycles. The van der Waals surface area contributed by atoms with Crippen LogP contribution in [0, 0.1) is 5.92 Å². The van der Waals surface area contributed by atoms with Gasteiger partial charge in [0.2, 0.25) is 0 Å². The molecule has 0 saturated carbocycles. The topological polar surface area (TPSA) is 38.0 Å². The number of anilines is 1. The fourth-order valence-electron chi connectivity index (χ4n) is 1.53. The van der Waals surface area contributed by atoms with Crippen molar-refractivity contribution < 1.29 is 0 Å². The van der Waals surface area contributed by atoms with Gasteiger partial charge in [-0.1, -0.05) is 51.2 Å². The van der Waals surface area contributed by atoms with Gasteiger partial charge in [0.1, 0.15) is 0 Å². The number of hydrogen-bond acceptors (Lipinski definition) is 2. The second-order valence-electron chi connectivity index (χ2n) is 4.43. The fourth-order valence-corrected chi connectivity index (χ4v) is 1.61. The number of rotatable bonds is 5. The van der Waals surface area contributed by atoms with Crippen LogP contribution >= 0.6 is 12.2 Å². The van der Waals surface area contributed by atoms with E-state index < -0.39 is 0 Å². The van der Waals surface area contributed by atoms with E-state index in [4.69, 9.17) is 18.0 Å². The molecule has 1 atom stereocenters. The third-order valence-electron chi connectivity index (χ3n) is 2.67. The maximum atomic E-state index is 5.59. The van der Waals surface area contributed by atoms with E-state index in [9.17, 15) is 0 Å². The van der Waals surface area contributed by atoms with Gasteiger partial charge in [0.15, 0.2) is 0 Å². The summed E-state index contributed by atoms with van der Waals surface area (Å²) in [6, 6.07) is 8.36. The first-order valence-corrected chi connectivity index (χ1v) is 6.05. The number of hydrogen-bond donors (Lipinski definition) is 2. The minimum atomic E-state index is 0.218. The average Bonchev–Trinajstić information content (AvgIpc) is 2.25. The lowest BCUT2D eigenvalue weighted by atomic mass is 10.0. The van der Waals surface area contributed by atoms with E-state index in [1.54, 1.807) is 0 Å². The third kappa shape index (κ3) is 3.49. The fraction of sp³-hybridized carbons (Fsp3) is 0.462. The zero-order valence-electron chi connectivity index (χ0n) is 10.2. The zero-order chi connectivity index (χ0) is 12.1. The van der Waals surface area contributed by atoms with Crippen molar-refractivity contribution in [3.05, 3.63) is 29.8 Å². The van der Waals surface area contributed by atoms with E-state index in [0.29, 0.717) is 10.9 Å². The van der Waals surface area contributed by atoms with Crippen LogP contribution in [0.15, 0.2) is 24.3 Å². The molecule has 1 aromatic rings. The molecule has 0 amide bonds. The van der Waals surface area contributed by atoms with Crippen LogP contribution < -0.4 is 11.1 Å². The van der Waals surface area contributed by atoms with Gasteiger partial charge in [-0.05, 0) is 17.5 Å². The van der Waals surface area contributed by atoms with Crippen molar-refractivity contribution in [3.8, 4) is 0 Å². The normalized spacial score (nSPS) is 12.5. The molecule has 3 heteroatoms. The largest absolute Gasteiger partial charge is 0.393 e. The Morgan fingerprint density at radius 2 is 1.94 bits per heavy atom. The molecule has 0 fully saturated rings. The average molecular weight is 236 g/mol. The summed E-state index contributed by atoms with van der Waals surface area (Å²) in [4.78, 5) is 0.564. The summed E-state index contributed by atoms with van der Waals surface area (Å²) in [7, 11) is 0. The quantitative estimate of drug-likeness (QED) is 0.771. The molecule has 0 aliphatic rings. The molecule has 0 saturated heterocycles. The molecule has 0 radical (unpaired) electrons. The van der Waals surface area contributed by atoms with Gasteiger partial charge in [-0.15, -0.1) is 0 Å². The van der Waals surface area contributed by atoms with Crippen LogP contribution in [0.5, 0.6) is 0 Å². The highest BCUT2D eigenvalue weighted by Crippen LogP contribution is 2.23. The van der Waals surface area contributed by atoms with Gasteiger partial charge >= 0.3 is 0 Å². The van der Waals surface area contributed by atoms with E-state index in [-0.39, 0.29) is 5.92 Å². The highest BCUT2D eigenvalue weighted by molar-refractivity contribution is 7.80. The molecule has 0 aliphatic heterocycles.